The van der Waals surface area contributed by atoms with E-state index >= 15 is 0 Å². The van der Waals surface area contributed by atoms with Crippen LogP contribution in [-0.4, -0.2) is 19.0 Å². The number of nitrogens with zero attached hydrogens (tertiary/aromatic N) is 1. The van der Waals surface area contributed by atoms with Gasteiger partial charge < -0.3 is 4.42 Å². The van der Waals surface area contributed by atoms with Crippen LogP contribution in [0.1, 0.15) is 17.4 Å². The summed E-state index contributed by atoms with van der Waals surface area (Å²) in [6, 6.07) is 14.8. The Morgan fingerprint density at radius 1 is 1.06 bits per heavy atom. The summed E-state index contributed by atoms with van der Waals surface area (Å²) in [7, 11) is 4.16. The van der Waals surface area contributed by atoms with Crippen LogP contribution in [0.5, 0.6) is 0 Å². The van der Waals surface area contributed by atoms with Gasteiger partial charge in [-0.25, -0.2) is 0 Å². The van der Waals surface area contributed by atoms with E-state index in [-0.39, 0.29) is 0 Å². The van der Waals surface area contributed by atoms with Gasteiger partial charge in [0, 0.05) is 0 Å². The summed E-state index contributed by atoms with van der Waals surface area (Å²) in [5, 5.41) is 0. The Bertz CT molecular complexity index is 406. The fourth-order valence-corrected chi connectivity index (χ4v) is 1.86. The molecule has 0 aliphatic rings. The molecule has 2 rings (SSSR count). The highest BCUT2D eigenvalue weighted by molar-refractivity contribution is 5.18. The van der Waals surface area contributed by atoms with Crippen LogP contribution in [0.2, 0.25) is 0 Å². The summed E-state index contributed by atoms with van der Waals surface area (Å²) in [6.07, 6.45) is 2.71. The van der Waals surface area contributed by atoms with Crippen molar-refractivity contribution in [1.29, 1.82) is 0 Å². The zero-order valence-corrected chi connectivity index (χ0v) is 9.76. The van der Waals surface area contributed by atoms with E-state index in [4.69, 9.17) is 4.42 Å². The lowest BCUT2D eigenvalue weighted by atomic mass is 10.0. The summed E-state index contributed by atoms with van der Waals surface area (Å²) >= 11 is 0. The average Bonchev–Trinajstić information content (AvgIpc) is 2.80. The van der Waals surface area contributed by atoms with Crippen molar-refractivity contribution >= 4 is 0 Å². The summed E-state index contributed by atoms with van der Waals surface area (Å²) in [4.78, 5) is 2.19. The molecule has 1 atom stereocenters. The first-order valence-corrected chi connectivity index (χ1v) is 5.51. The Labute approximate surface area is 96.5 Å². The second kappa shape index (κ2) is 4.99. The van der Waals surface area contributed by atoms with Crippen molar-refractivity contribution < 1.29 is 4.42 Å². The normalized spacial score (nSPS) is 12.9. The number of rotatable bonds is 4. The summed E-state index contributed by atoms with van der Waals surface area (Å²) in [5.74, 6) is 1.02. The van der Waals surface area contributed by atoms with Crippen molar-refractivity contribution in [2.24, 2.45) is 0 Å². The van der Waals surface area contributed by atoms with E-state index in [9.17, 15) is 0 Å². The highest BCUT2D eigenvalue weighted by Crippen LogP contribution is 2.23. The van der Waals surface area contributed by atoms with E-state index in [1.54, 1.807) is 6.26 Å². The average molecular weight is 215 g/mol. The molecule has 0 aliphatic heterocycles. The van der Waals surface area contributed by atoms with Crippen LogP contribution in [0.4, 0.5) is 0 Å². The van der Waals surface area contributed by atoms with Crippen molar-refractivity contribution in [2.75, 3.05) is 14.1 Å². The summed E-state index contributed by atoms with van der Waals surface area (Å²) in [5.41, 5.74) is 1.33. The Morgan fingerprint density at radius 3 is 2.38 bits per heavy atom. The van der Waals surface area contributed by atoms with Gasteiger partial charge in [-0.15, -0.1) is 0 Å². The van der Waals surface area contributed by atoms with Gasteiger partial charge in [-0.05, 0) is 38.2 Å². The topological polar surface area (TPSA) is 16.4 Å². The molecule has 0 N–H and O–H groups in total. The fraction of sp³-hybridized carbons (Fsp3) is 0.286. The van der Waals surface area contributed by atoms with Crippen LogP contribution >= 0.6 is 0 Å². The van der Waals surface area contributed by atoms with Crippen molar-refractivity contribution in [1.82, 2.24) is 4.90 Å². The maximum Gasteiger partial charge on any atom is 0.121 e. The Kier molecular flexibility index (Phi) is 3.42. The Hall–Kier alpha value is -1.54. The van der Waals surface area contributed by atoms with E-state index < -0.39 is 0 Å². The van der Waals surface area contributed by atoms with Crippen molar-refractivity contribution in [3.63, 3.8) is 0 Å². The maximum atomic E-state index is 5.49. The third-order valence-electron chi connectivity index (χ3n) is 2.77. The Balaban J connectivity index is 2.16. The van der Waals surface area contributed by atoms with Gasteiger partial charge >= 0.3 is 0 Å². The van der Waals surface area contributed by atoms with E-state index in [0.717, 1.165) is 12.2 Å². The number of hydrogen-bond acceptors (Lipinski definition) is 2. The lowest BCUT2D eigenvalue weighted by molar-refractivity contribution is 0.257. The second-order valence-corrected chi connectivity index (χ2v) is 4.18. The molecule has 0 saturated carbocycles. The monoisotopic (exact) mass is 215 g/mol. The fourth-order valence-electron chi connectivity index (χ4n) is 1.86. The van der Waals surface area contributed by atoms with Gasteiger partial charge in [-0.1, -0.05) is 30.3 Å². The number of likely N-dealkylation sites (N-methyl/N-ethyl adjacent to an activating group) is 1. The molecular formula is C14H17NO. The minimum Gasteiger partial charge on any atom is -0.468 e. The quantitative estimate of drug-likeness (QED) is 0.779. The number of benzene rings is 1. The van der Waals surface area contributed by atoms with Gasteiger partial charge in [-0.2, -0.15) is 0 Å². The molecule has 1 aromatic carbocycles. The molecular weight excluding hydrogens is 198 g/mol. The molecule has 16 heavy (non-hydrogen) atoms. The first-order chi connectivity index (χ1) is 7.77. The van der Waals surface area contributed by atoms with Gasteiger partial charge in [0.05, 0.1) is 12.3 Å². The lowest BCUT2D eigenvalue weighted by Gasteiger charge is -2.22. The van der Waals surface area contributed by atoms with Gasteiger partial charge in [0.25, 0.3) is 0 Å². The molecule has 2 nitrogen and oxygen atoms in total. The molecule has 0 spiro atoms. The highest BCUT2D eigenvalue weighted by atomic mass is 16.3. The molecule has 0 amide bonds. The van der Waals surface area contributed by atoms with Crippen LogP contribution in [0.3, 0.4) is 0 Å². The zero-order chi connectivity index (χ0) is 11.4. The highest BCUT2D eigenvalue weighted by Gasteiger charge is 2.16. The molecule has 0 saturated heterocycles. The second-order valence-electron chi connectivity index (χ2n) is 4.18. The smallest absolute Gasteiger partial charge is 0.121 e. The standard InChI is InChI=1S/C14H17NO/c1-15(2)13(14-9-6-10-16-14)11-12-7-4-3-5-8-12/h3-10,13H,11H2,1-2H3/t13-/m1/s1. The van der Waals surface area contributed by atoms with Gasteiger partial charge in [0.15, 0.2) is 0 Å². The molecule has 0 radical (unpaired) electrons. The first-order valence-electron chi connectivity index (χ1n) is 5.51. The third-order valence-corrected chi connectivity index (χ3v) is 2.77. The first kappa shape index (κ1) is 11.0. The number of hydrogen-bond donors (Lipinski definition) is 0. The van der Waals surface area contributed by atoms with Crippen LogP contribution in [0.25, 0.3) is 0 Å². The molecule has 0 aliphatic carbocycles. The summed E-state index contributed by atoms with van der Waals surface area (Å²) < 4.78 is 5.49. The Morgan fingerprint density at radius 2 is 1.81 bits per heavy atom. The SMILES string of the molecule is CN(C)[C@H](Cc1ccccc1)c1ccco1. The van der Waals surface area contributed by atoms with Crippen molar-refractivity contribution in [3.8, 4) is 0 Å². The van der Waals surface area contributed by atoms with Gasteiger partial charge in [0.2, 0.25) is 0 Å². The molecule has 2 heteroatoms. The molecule has 0 unspecified atom stereocenters. The summed E-state index contributed by atoms with van der Waals surface area (Å²) in [6.45, 7) is 0. The van der Waals surface area contributed by atoms with Gasteiger partial charge in [0.1, 0.15) is 5.76 Å². The molecule has 0 bridgehead atoms. The third kappa shape index (κ3) is 2.52. The molecule has 1 aromatic heterocycles. The molecule has 1 heterocycles. The zero-order valence-electron chi connectivity index (χ0n) is 9.76. The molecule has 2 aromatic rings. The van der Waals surface area contributed by atoms with E-state index in [1.807, 2.05) is 18.2 Å². The maximum absolute atomic E-state index is 5.49. The van der Waals surface area contributed by atoms with Crippen LogP contribution in [0.15, 0.2) is 53.1 Å². The van der Waals surface area contributed by atoms with E-state index in [0.29, 0.717) is 6.04 Å². The van der Waals surface area contributed by atoms with Crippen LogP contribution < -0.4 is 0 Å². The number of furan rings is 1. The molecule has 84 valence electrons. The van der Waals surface area contributed by atoms with Crippen molar-refractivity contribution in [2.45, 2.75) is 12.5 Å². The van der Waals surface area contributed by atoms with Crippen molar-refractivity contribution in [3.05, 3.63) is 60.1 Å². The van der Waals surface area contributed by atoms with E-state index in [1.165, 1.54) is 5.56 Å². The minimum atomic E-state index is 0.303. The predicted octanol–water partition coefficient (Wildman–Crippen LogP) is 3.13. The predicted molar refractivity (Wildman–Crippen MR) is 65.3 cm³/mol. The van der Waals surface area contributed by atoms with E-state index in [2.05, 4.69) is 43.3 Å². The lowest BCUT2D eigenvalue weighted by Crippen LogP contribution is -2.21. The van der Waals surface area contributed by atoms with Crippen LogP contribution in [0, 0.1) is 0 Å². The van der Waals surface area contributed by atoms with Crippen LogP contribution in [-0.2, 0) is 6.42 Å². The molecule has 0 fully saturated rings. The minimum absolute atomic E-state index is 0.303. The van der Waals surface area contributed by atoms with Gasteiger partial charge in [-0.3, -0.25) is 4.90 Å². The largest absolute Gasteiger partial charge is 0.468 e.